The minimum Gasteiger partial charge on any atom is -0.194 e. The Morgan fingerprint density at radius 2 is 1.89 bits per heavy atom. The summed E-state index contributed by atoms with van der Waals surface area (Å²) >= 11 is 24.3. The van der Waals surface area contributed by atoms with E-state index in [1.54, 1.807) is 6.07 Å². The first-order valence-corrected chi connectivity index (χ1v) is 7.16. The Bertz CT molecular complexity index is 458. The first kappa shape index (κ1) is 16.0. The van der Waals surface area contributed by atoms with Gasteiger partial charge in [0.25, 0.3) is 0 Å². The third-order valence-corrected chi connectivity index (χ3v) is 3.92. The van der Waals surface area contributed by atoms with Crippen molar-refractivity contribution in [1.29, 1.82) is 0 Å². The molecule has 0 saturated heterocycles. The van der Waals surface area contributed by atoms with Crippen molar-refractivity contribution in [2.24, 2.45) is 10.2 Å². The maximum atomic E-state index is 6.32. The molecule has 1 unspecified atom stereocenters. The van der Waals surface area contributed by atoms with Gasteiger partial charge in [-0.3, -0.25) is 0 Å². The molecule has 0 aromatic heterocycles. The lowest BCUT2D eigenvalue weighted by atomic mass is 10.00. The second-order valence-corrected chi connectivity index (χ2v) is 5.73. The molecule has 2 nitrogen and oxygen atoms in total. The van der Waals surface area contributed by atoms with Gasteiger partial charge in [0.05, 0.1) is 17.6 Å². The largest absolute Gasteiger partial charge is 0.194 e. The SMILES string of the molecule is CCN=NC(C)c1c(C(Cl)Cl)cc(Cl)c(C)c1Cl. The summed E-state index contributed by atoms with van der Waals surface area (Å²) in [5, 5.41) is 9.25. The van der Waals surface area contributed by atoms with Crippen LogP contribution >= 0.6 is 46.4 Å². The number of azo groups is 1. The molecular formula is C12H14Cl4N2. The van der Waals surface area contributed by atoms with Crippen LogP contribution in [0, 0.1) is 6.92 Å². The summed E-state index contributed by atoms with van der Waals surface area (Å²) in [4.78, 5) is -0.699. The highest BCUT2D eigenvalue weighted by molar-refractivity contribution is 6.44. The Kier molecular flexibility index (Phi) is 6.19. The molecule has 18 heavy (non-hydrogen) atoms. The van der Waals surface area contributed by atoms with Gasteiger partial charge in [0.2, 0.25) is 0 Å². The standard InChI is InChI=1S/C12H14Cl4N2/c1-4-17-18-7(3)10-8(12(15)16)5-9(13)6(2)11(10)14/h5,7,12H,4H2,1-3H3. The van der Waals surface area contributed by atoms with Gasteiger partial charge in [-0.2, -0.15) is 10.2 Å². The van der Waals surface area contributed by atoms with Crippen LogP contribution in [-0.4, -0.2) is 6.54 Å². The molecule has 1 atom stereocenters. The molecule has 0 saturated carbocycles. The molecule has 6 heteroatoms. The van der Waals surface area contributed by atoms with Gasteiger partial charge < -0.3 is 0 Å². The first-order valence-electron chi connectivity index (χ1n) is 5.53. The van der Waals surface area contributed by atoms with Crippen LogP contribution in [0.25, 0.3) is 0 Å². The van der Waals surface area contributed by atoms with Crippen molar-refractivity contribution in [1.82, 2.24) is 0 Å². The van der Waals surface area contributed by atoms with E-state index in [4.69, 9.17) is 46.4 Å². The topological polar surface area (TPSA) is 24.7 Å². The van der Waals surface area contributed by atoms with Crippen LogP contribution in [0.5, 0.6) is 0 Å². The highest BCUT2D eigenvalue weighted by Crippen LogP contribution is 2.41. The lowest BCUT2D eigenvalue weighted by molar-refractivity contribution is 0.725. The maximum Gasteiger partial charge on any atom is 0.133 e. The number of hydrogen-bond acceptors (Lipinski definition) is 2. The highest BCUT2D eigenvalue weighted by atomic mass is 35.5. The zero-order valence-electron chi connectivity index (χ0n) is 10.3. The van der Waals surface area contributed by atoms with Crippen molar-refractivity contribution in [3.8, 4) is 0 Å². The molecule has 1 aromatic carbocycles. The molecule has 0 amide bonds. The predicted molar refractivity (Wildman–Crippen MR) is 79.5 cm³/mol. The van der Waals surface area contributed by atoms with Gasteiger partial charge in [-0.15, -0.1) is 23.2 Å². The lowest BCUT2D eigenvalue weighted by Gasteiger charge is -2.18. The Morgan fingerprint density at radius 1 is 1.28 bits per heavy atom. The van der Waals surface area contributed by atoms with E-state index < -0.39 is 4.84 Å². The van der Waals surface area contributed by atoms with Gasteiger partial charge in [0, 0.05) is 10.6 Å². The van der Waals surface area contributed by atoms with E-state index in [0.29, 0.717) is 22.2 Å². The van der Waals surface area contributed by atoms with Gasteiger partial charge in [0.15, 0.2) is 0 Å². The molecule has 1 aromatic rings. The van der Waals surface area contributed by atoms with E-state index in [2.05, 4.69) is 10.2 Å². The van der Waals surface area contributed by atoms with Gasteiger partial charge >= 0.3 is 0 Å². The van der Waals surface area contributed by atoms with Crippen molar-refractivity contribution in [2.75, 3.05) is 6.54 Å². The van der Waals surface area contributed by atoms with Crippen molar-refractivity contribution in [3.63, 3.8) is 0 Å². The average molecular weight is 328 g/mol. The summed E-state index contributed by atoms with van der Waals surface area (Å²) < 4.78 is 0. The summed E-state index contributed by atoms with van der Waals surface area (Å²) in [6.45, 7) is 6.28. The number of rotatable bonds is 4. The van der Waals surface area contributed by atoms with E-state index >= 15 is 0 Å². The average Bonchev–Trinajstić information content (AvgIpc) is 2.32. The summed E-state index contributed by atoms with van der Waals surface area (Å²) in [6, 6.07) is 1.53. The third-order valence-electron chi connectivity index (χ3n) is 2.57. The van der Waals surface area contributed by atoms with E-state index in [1.165, 1.54) is 0 Å². The Labute approximate surface area is 127 Å². The number of nitrogens with zero attached hydrogens (tertiary/aromatic N) is 2. The molecule has 0 aliphatic carbocycles. The third kappa shape index (κ3) is 3.51. The van der Waals surface area contributed by atoms with Crippen molar-refractivity contribution in [3.05, 3.63) is 32.8 Å². The fraction of sp³-hybridized carbons (Fsp3) is 0.500. The smallest absolute Gasteiger partial charge is 0.133 e. The van der Waals surface area contributed by atoms with Gasteiger partial charge in [-0.1, -0.05) is 23.2 Å². The van der Waals surface area contributed by atoms with E-state index in [1.807, 2.05) is 20.8 Å². The molecule has 0 aliphatic rings. The number of alkyl halides is 2. The van der Waals surface area contributed by atoms with Crippen molar-refractivity contribution >= 4 is 46.4 Å². The fourth-order valence-corrected chi connectivity index (χ4v) is 2.61. The Hall–Kier alpha value is -0.0200. The molecule has 100 valence electrons. The van der Waals surface area contributed by atoms with Crippen LogP contribution in [0.15, 0.2) is 16.3 Å². The zero-order chi connectivity index (χ0) is 13.9. The van der Waals surface area contributed by atoms with Crippen LogP contribution in [0.4, 0.5) is 0 Å². The minimum absolute atomic E-state index is 0.205. The summed E-state index contributed by atoms with van der Waals surface area (Å²) in [5.74, 6) is 0. The molecule has 0 heterocycles. The zero-order valence-corrected chi connectivity index (χ0v) is 13.4. The molecule has 0 fully saturated rings. The Morgan fingerprint density at radius 3 is 2.39 bits per heavy atom. The van der Waals surface area contributed by atoms with Crippen molar-refractivity contribution < 1.29 is 0 Å². The summed E-state index contributed by atoms with van der Waals surface area (Å²) in [6.07, 6.45) is 0. The summed E-state index contributed by atoms with van der Waals surface area (Å²) in [7, 11) is 0. The quantitative estimate of drug-likeness (QED) is 0.457. The number of hydrogen-bond donors (Lipinski definition) is 0. The molecule has 0 radical (unpaired) electrons. The van der Waals surface area contributed by atoms with Crippen molar-refractivity contribution in [2.45, 2.75) is 31.6 Å². The second-order valence-electron chi connectivity index (χ2n) is 3.85. The van der Waals surface area contributed by atoms with Crippen LogP contribution in [-0.2, 0) is 0 Å². The fourth-order valence-electron chi connectivity index (χ4n) is 1.62. The van der Waals surface area contributed by atoms with Gasteiger partial charge in [-0.25, -0.2) is 0 Å². The maximum absolute atomic E-state index is 6.32. The predicted octanol–water partition coefficient (Wildman–Crippen LogP) is 6.31. The normalized spacial score (nSPS) is 13.6. The summed E-state index contributed by atoms with van der Waals surface area (Å²) in [5.41, 5.74) is 2.26. The van der Waals surface area contributed by atoms with Crippen LogP contribution in [0.1, 0.15) is 41.4 Å². The molecule has 0 N–H and O–H groups in total. The molecular weight excluding hydrogens is 314 g/mol. The number of benzene rings is 1. The molecule has 0 aliphatic heterocycles. The van der Waals surface area contributed by atoms with Crippen LogP contribution < -0.4 is 0 Å². The molecule has 0 bridgehead atoms. The highest BCUT2D eigenvalue weighted by Gasteiger charge is 2.21. The monoisotopic (exact) mass is 326 g/mol. The molecule has 1 rings (SSSR count). The van der Waals surface area contributed by atoms with Crippen LogP contribution in [0.3, 0.4) is 0 Å². The lowest BCUT2D eigenvalue weighted by Crippen LogP contribution is -2.01. The van der Waals surface area contributed by atoms with Gasteiger partial charge in [0.1, 0.15) is 4.84 Å². The minimum atomic E-state index is -0.699. The number of halogens is 4. The van der Waals surface area contributed by atoms with E-state index in [-0.39, 0.29) is 6.04 Å². The second kappa shape index (κ2) is 6.95. The van der Waals surface area contributed by atoms with E-state index in [0.717, 1.165) is 11.1 Å². The van der Waals surface area contributed by atoms with Crippen LogP contribution in [0.2, 0.25) is 10.0 Å². The van der Waals surface area contributed by atoms with Gasteiger partial charge in [-0.05, 0) is 38.0 Å². The first-order chi connectivity index (χ1) is 8.40. The molecule has 0 spiro atoms. The Balaban J connectivity index is 3.39. The van der Waals surface area contributed by atoms with E-state index in [9.17, 15) is 0 Å².